The van der Waals surface area contributed by atoms with E-state index in [0.717, 1.165) is 19.3 Å². The molecular weight excluding hydrogens is 450 g/mol. The van der Waals surface area contributed by atoms with Crippen molar-refractivity contribution in [2.45, 2.75) is 81.0 Å². The SMILES string of the molecule is C=CCN(C)C(=O)[C@H]1[C@H]2C(=O)N([C@H](C)CO)C(C(=O)N(CC=C)C(C)CCC)C23CC[C@]1(C)S3. The first kappa shape index (κ1) is 26.8. The molecule has 7 nitrogen and oxygen atoms in total. The molecule has 2 bridgehead atoms. The van der Waals surface area contributed by atoms with Gasteiger partial charge in [0, 0.05) is 30.9 Å². The smallest absolute Gasteiger partial charge is 0.247 e. The summed E-state index contributed by atoms with van der Waals surface area (Å²) in [6.45, 7) is 16.2. The van der Waals surface area contributed by atoms with Crippen molar-refractivity contribution in [3.05, 3.63) is 25.3 Å². The molecule has 7 atom stereocenters. The van der Waals surface area contributed by atoms with Crippen molar-refractivity contribution in [2.75, 3.05) is 26.7 Å². The van der Waals surface area contributed by atoms with Crippen LogP contribution >= 0.6 is 11.8 Å². The van der Waals surface area contributed by atoms with Crippen molar-refractivity contribution in [3.63, 3.8) is 0 Å². The van der Waals surface area contributed by atoms with E-state index in [4.69, 9.17) is 0 Å². The molecule has 190 valence electrons. The summed E-state index contributed by atoms with van der Waals surface area (Å²) < 4.78 is -1.08. The van der Waals surface area contributed by atoms with E-state index in [0.29, 0.717) is 19.5 Å². The summed E-state index contributed by atoms with van der Waals surface area (Å²) in [7, 11) is 1.74. The Hall–Kier alpha value is -1.80. The van der Waals surface area contributed by atoms with E-state index in [1.807, 2.05) is 11.8 Å². The molecule has 3 rings (SSSR count). The van der Waals surface area contributed by atoms with Gasteiger partial charge in [0.05, 0.1) is 29.2 Å². The van der Waals surface area contributed by atoms with Gasteiger partial charge in [0.15, 0.2) is 0 Å². The molecule has 0 aromatic carbocycles. The van der Waals surface area contributed by atoms with Crippen molar-refractivity contribution < 1.29 is 19.5 Å². The van der Waals surface area contributed by atoms with Crippen molar-refractivity contribution >= 4 is 29.5 Å². The molecule has 3 amide bonds. The highest BCUT2D eigenvalue weighted by Crippen LogP contribution is 2.71. The average molecular weight is 492 g/mol. The number of carbonyl (C=O) groups is 3. The summed E-state index contributed by atoms with van der Waals surface area (Å²) in [5, 5.41) is 10.0. The molecule has 3 unspecified atom stereocenters. The topological polar surface area (TPSA) is 81.2 Å². The molecule has 0 saturated carbocycles. The summed E-state index contributed by atoms with van der Waals surface area (Å²) in [5.41, 5.74) is 0. The van der Waals surface area contributed by atoms with E-state index >= 15 is 0 Å². The highest BCUT2D eigenvalue weighted by molar-refractivity contribution is 8.02. The Morgan fingerprint density at radius 1 is 1.24 bits per heavy atom. The summed E-state index contributed by atoms with van der Waals surface area (Å²) in [6, 6.07) is -1.22. The number of thioether (sulfide) groups is 1. The minimum Gasteiger partial charge on any atom is -0.394 e. The molecule has 3 fully saturated rings. The molecule has 0 aromatic rings. The maximum atomic E-state index is 14.3. The minimum absolute atomic E-state index is 0.00248. The zero-order valence-corrected chi connectivity index (χ0v) is 22.1. The van der Waals surface area contributed by atoms with Gasteiger partial charge in [0.2, 0.25) is 17.7 Å². The number of likely N-dealkylation sites (tertiary alicyclic amines) is 1. The number of carbonyl (C=O) groups excluding carboxylic acids is 3. The molecule has 0 radical (unpaired) electrons. The number of hydrogen-bond donors (Lipinski definition) is 1. The molecule has 1 N–H and O–H groups in total. The Kier molecular flexibility index (Phi) is 7.92. The van der Waals surface area contributed by atoms with Crippen molar-refractivity contribution in [1.29, 1.82) is 0 Å². The van der Waals surface area contributed by atoms with Crippen molar-refractivity contribution in [2.24, 2.45) is 11.8 Å². The standard InChI is InChI=1S/C26H41N3O4S/c1-8-11-17(4)28(15-10-3)24(33)21-26-13-12-25(6,34-26)19(22(31)27(7)14-9-2)20(26)23(32)29(21)18(5)16-30/h9-10,17-21,30H,2-3,8,11-16H2,1,4-7H3/t17?,18-,19-,20+,21?,25+,26?/m1/s1. The molecule has 3 saturated heterocycles. The number of aliphatic hydroxyl groups is 1. The summed E-state index contributed by atoms with van der Waals surface area (Å²) in [6.07, 6.45) is 6.68. The van der Waals surface area contributed by atoms with Crippen LogP contribution < -0.4 is 0 Å². The molecule has 0 aliphatic carbocycles. The Morgan fingerprint density at radius 2 is 1.88 bits per heavy atom. The fourth-order valence-corrected chi connectivity index (χ4v) is 8.79. The third-order valence-electron chi connectivity index (χ3n) is 8.08. The molecule has 3 aliphatic heterocycles. The maximum absolute atomic E-state index is 14.3. The third-order valence-corrected chi connectivity index (χ3v) is 10.1. The first-order valence-electron chi connectivity index (χ1n) is 12.4. The van der Waals surface area contributed by atoms with E-state index < -0.39 is 33.4 Å². The van der Waals surface area contributed by atoms with Crippen LogP contribution in [0.5, 0.6) is 0 Å². The van der Waals surface area contributed by atoms with Gasteiger partial charge in [-0.05, 0) is 40.0 Å². The fourth-order valence-electron chi connectivity index (χ4n) is 6.46. The Bertz CT molecular complexity index is 850. The number of amides is 3. The Balaban J connectivity index is 2.10. The first-order valence-corrected chi connectivity index (χ1v) is 13.3. The lowest BCUT2D eigenvalue weighted by Gasteiger charge is -2.40. The van der Waals surface area contributed by atoms with E-state index in [-0.39, 0.29) is 30.4 Å². The number of hydrogen-bond acceptors (Lipinski definition) is 5. The zero-order chi connectivity index (χ0) is 25.4. The lowest BCUT2D eigenvalue weighted by Crippen LogP contribution is -2.58. The third kappa shape index (κ3) is 4.00. The van der Waals surface area contributed by atoms with Gasteiger partial charge in [0.1, 0.15) is 6.04 Å². The van der Waals surface area contributed by atoms with Gasteiger partial charge in [-0.1, -0.05) is 25.5 Å². The van der Waals surface area contributed by atoms with E-state index in [2.05, 4.69) is 27.0 Å². The van der Waals surface area contributed by atoms with E-state index in [1.165, 1.54) is 0 Å². The minimum atomic E-state index is -0.708. The molecule has 1 spiro atoms. The van der Waals surface area contributed by atoms with Gasteiger partial charge in [0.25, 0.3) is 0 Å². The van der Waals surface area contributed by atoms with Crippen molar-refractivity contribution in [1.82, 2.24) is 14.7 Å². The van der Waals surface area contributed by atoms with Crippen LogP contribution in [0, 0.1) is 11.8 Å². The largest absolute Gasteiger partial charge is 0.394 e. The molecule has 3 aliphatic rings. The zero-order valence-electron chi connectivity index (χ0n) is 21.3. The summed E-state index contributed by atoms with van der Waals surface area (Å²) >= 11 is 1.67. The van der Waals surface area contributed by atoms with Gasteiger partial charge in [-0.25, -0.2) is 0 Å². The highest BCUT2D eigenvalue weighted by Gasteiger charge is 2.77. The van der Waals surface area contributed by atoms with Gasteiger partial charge in [-0.2, -0.15) is 0 Å². The van der Waals surface area contributed by atoms with Crippen LogP contribution in [0.4, 0.5) is 0 Å². The average Bonchev–Trinajstić information content (AvgIpc) is 3.37. The highest BCUT2D eigenvalue weighted by atomic mass is 32.2. The molecule has 34 heavy (non-hydrogen) atoms. The van der Waals surface area contributed by atoms with Gasteiger partial charge >= 0.3 is 0 Å². The van der Waals surface area contributed by atoms with Crippen molar-refractivity contribution in [3.8, 4) is 0 Å². The number of fused-ring (bicyclic) bond motifs is 1. The molecule has 3 heterocycles. The fraction of sp³-hybridized carbons (Fsp3) is 0.731. The monoisotopic (exact) mass is 491 g/mol. The quantitative estimate of drug-likeness (QED) is 0.450. The number of aliphatic hydroxyl groups excluding tert-OH is 1. The number of likely N-dealkylation sites (N-methyl/N-ethyl adjacent to an activating group) is 1. The van der Waals surface area contributed by atoms with Crippen LogP contribution in [-0.2, 0) is 14.4 Å². The molecule has 0 aromatic heterocycles. The normalized spacial score (nSPS) is 33.4. The maximum Gasteiger partial charge on any atom is 0.247 e. The Morgan fingerprint density at radius 3 is 2.44 bits per heavy atom. The van der Waals surface area contributed by atoms with Crippen LogP contribution in [-0.4, -0.2) is 91.9 Å². The first-order chi connectivity index (χ1) is 16.0. The number of nitrogens with zero attached hydrogens (tertiary/aromatic N) is 3. The van der Waals surface area contributed by atoms with Gasteiger partial charge in [-0.15, -0.1) is 24.9 Å². The van der Waals surface area contributed by atoms with E-state index in [1.54, 1.807) is 47.7 Å². The van der Waals surface area contributed by atoms with Crippen LogP contribution in [0.15, 0.2) is 25.3 Å². The predicted octanol–water partition coefficient (Wildman–Crippen LogP) is 2.70. The number of rotatable bonds is 11. The van der Waals surface area contributed by atoms with Crippen LogP contribution in [0.1, 0.15) is 53.4 Å². The summed E-state index contributed by atoms with van der Waals surface area (Å²) in [5.74, 6) is -1.42. The summed E-state index contributed by atoms with van der Waals surface area (Å²) in [4.78, 5) is 46.9. The molecular formula is C26H41N3O4S. The lowest BCUT2D eigenvalue weighted by atomic mass is 9.66. The van der Waals surface area contributed by atoms with Crippen LogP contribution in [0.2, 0.25) is 0 Å². The van der Waals surface area contributed by atoms with E-state index in [9.17, 15) is 19.5 Å². The Labute approximate surface area is 208 Å². The van der Waals surface area contributed by atoms with Crippen LogP contribution in [0.3, 0.4) is 0 Å². The second-order valence-electron chi connectivity index (χ2n) is 10.4. The molecule has 8 heteroatoms. The lowest BCUT2D eigenvalue weighted by molar-refractivity contribution is -0.147. The van der Waals surface area contributed by atoms with Gasteiger partial charge < -0.3 is 19.8 Å². The van der Waals surface area contributed by atoms with Gasteiger partial charge in [-0.3, -0.25) is 14.4 Å². The second kappa shape index (κ2) is 10.1. The van der Waals surface area contributed by atoms with Crippen LogP contribution in [0.25, 0.3) is 0 Å². The predicted molar refractivity (Wildman–Crippen MR) is 136 cm³/mol. The second-order valence-corrected chi connectivity index (χ2v) is 12.3.